The van der Waals surface area contributed by atoms with Gasteiger partial charge < -0.3 is 24.8 Å². The van der Waals surface area contributed by atoms with Crippen LogP contribution in [0.5, 0.6) is 5.75 Å². The monoisotopic (exact) mass is 608 g/mol. The van der Waals surface area contributed by atoms with Crippen molar-refractivity contribution >= 4 is 15.9 Å². The van der Waals surface area contributed by atoms with Crippen molar-refractivity contribution in [2.75, 3.05) is 60.1 Å². The minimum Gasteiger partial charge on any atom is -0.501 e. The number of amides is 1. The molecule has 1 aromatic heterocycles. The van der Waals surface area contributed by atoms with E-state index in [0.29, 0.717) is 26.3 Å². The molecule has 2 saturated heterocycles. The second kappa shape index (κ2) is 11.6. The van der Waals surface area contributed by atoms with Gasteiger partial charge in [-0.15, -0.1) is 0 Å². The first kappa shape index (κ1) is 30.5. The van der Waals surface area contributed by atoms with Crippen LogP contribution in [0.1, 0.15) is 35.7 Å². The summed E-state index contributed by atoms with van der Waals surface area (Å²) in [5, 5.41) is 13.0. The number of carbonyl (C=O) groups excluding carboxylic acids is 1. The molecule has 2 aromatic rings. The number of hydrogen-bond acceptors (Lipinski definition) is 10. The van der Waals surface area contributed by atoms with Gasteiger partial charge in [0.2, 0.25) is 15.8 Å². The number of piperazine rings is 1. The second-order valence-electron chi connectivity index (χ2n) is 11.5. The Bertz CT molecular complexity index is 1520. The number of nitrogens with zero attached hydrogens (tertiary/aromatic N) is 5. The predicted molar refractivity (Wildman–Crippen MR) is 149 cm³/mol. The van der Waals surface area contributed by atoms with E-state index >= 15 is 0 Å². The standard InChI is InChI=1S/C27H37FN6O7S/c1-27(2)26-30-22(23(35)25(37)34(26)11-12-41-27)24(36)29-14-17-5-6-18(28)13-21(17)42(38,39)33-9-7-32(8-10-33)20-16-40-15-19(20)31(3)4/h5-6,13,19-20,35H,7-12,14-16H2,1-4H3,(H,29,36)/t19-,20-/m1/s1. The molecule has 3 aliphatic heterocycles. The van der Waals surface area contributed by atoms with Crippen LogP contribution in [0.25, 0.3) is 0 Å². The molecular weight excluding hydrogens is 571 g/mol. The van der Waals surface area contributed by atoms with Crippen LogP contribution < -0.4 is 10.9 Å². The molecule has 15 heteroatoms. The van der Waals surface area contributed by atoms with Crippen LogP contribution in [0.15, 0.2) is 27.9 Å². The number of benzene rings is 1. The normalized spacial score (nSPS) is 23.2. The summed E-state index contributed by atoms with van der Waals surface area (Å²) in [6.45, 7) is 6.13. The van der Waals surface area contributed by atoms with Gasteiger partial charge in [0.1, 0.15) is 17.2 Å². The predicted octanol–water partition coefficient (Wildman–Crippen LogP) is -0.0814. The molecule has 2 fully saturated rings. The van der Waals surface area contributed by atoms with E-state index in [1.165, 1.54) is 14.9 Å². The lowest BCUT2D eigenvalue weighted by Gasteiger charge is -2.40. The van der Waals surface area contributed by atoms with Crippen molar-refractivity contribution in [2.24, 2.45) is 0 Å². The van der Waals surface area contributed by atoms with E-state index in [0.717, 1.165) is 12.1 Å². The van der Waals surface area contributed by atoms with E-state index in [9.17, 15) is 27.5 Å². The number of fused-ring (bicyclic) bond motifs is 1. The molecule has 13 nitrogen and oxygen atoms in total. The number of carbonyl (C=O) groups is 1. The highest BCUT2D eigenvalue weighted by molar-refractivity contribution is 7.89. The maximum absolute atomic E-state index is 14.3. The summed E-state index contributed by atoms with van der Waals surface area (Å²) in [5.41, 5.74) is -2.09. The SMILES string of the molecule is CN(C)[C@@H]1COC[C@H]1N1CCN(S(=O)(=O)c2cc(F)ccc2CNC(=O)c2nc3n(c(=O)c2O)CCOC3(C)C)CC1. The fourth-order valence-corrected chi connectivity index (χ4v) is 7.44. The largest absolute Gasteiger partial charge is 0.501 e. The molecule has 0 unspecified atom stereocenters. The summed E-state index contributed by atoms with van der Waals surface area (Å²) in [6, 6.07) is 3.72. The third kappa shape index (κ3) is 5.68. The second-order valence-corrected chi connectivity index (χ2v) is 13.4. The Balaban J connectivity index is 1.33. The molecule has 0 aliphatic carbocycles. The summed E-state index contributed by atoms with van der Waals surface area (Å²) in [7, 11) is -0.120. The van der Waals surface area contributed by atoms with Gasteiger partial charge in [-0.05, 0) is 45.6 Å². The molecule has 1 aromatic carbocycles. The molecular formula is C27H37FN6O7S. The third-order valence-electron chi connectivity index (χ3n) is 8.19. The molecule has 2 atom stereocenters. The summed E-state index contributed by atoms with van der Waals surface area (Å²) < 4.78 is 55.6. The molecule has 4 heterocycles. The molecule has 1 amide bonds. The number of hydrogen-bond donors (Lipinski definition) is 2. The maximum Gasteiger partial charge on any atom is 0.296 e. The van der Waals surface area contributed by atoms with Crippen molar-refractivity contribution < 1.29 is 32.2 Å². The van der Waals surface area contributed by atoms with Gasteiger partial charge >= 0.3 is 0 Å². The zero-order chi connectivity index (χ0) is 30.4. The van der Waals surface area contributed by atoms with E-state index in [2.05, 4.69) is 20.1 Å². The number of ether oxygens (including phenoxy) is 2. The van der Waals surface area contributed by atoms with Crippen molar-refractivity contribution in [3.63, 3.8) is 0 Å². The van der Waals surface area contributed by atoms with Crippen molar-refractivity contribution in [3.8, 4) is 5.75 Å². The lowest BCUT2D eigenvalue weighted by atomic mass is 10.1. The highest BCUT2D eigenvalue weighted by Gasteiger charge is 2.39. The van der Waals surface area contributed by atoms with E-state index in [4.69, 9.17) is 9.47 Å². The van der Waals surface area contributed by atoms with Gasteiger partial charge in [-0.25, -0.2) is 17.8 Å². The Labute approximate surface area is 243 Å². The van der Waals surface area contributed by atoms with Gasteiger partial charge in [0, 0.05) is 32.7 Å². The topological polar surface area (TPSA) is 147 Å². The number of likely N-dealkylation sites (N-methyl/N-ethyl adjacent to an activating group) is 1. The molecule has 0 spiro atoms. The molecule has 3 aliphatic rings. The summed E-state index contributed by atoms with van der Waals surface area (Å²) in [4.78, 5) is 34.1. The quantitative estimate of drug-likeness (QED) is 0.438. The smallest absolute Gasteiger partial charge is 0.296 e. The first-order valence-corrected chi connectivity index (χ1v) is 15.3. The van der Waals surface area contributed by atoms with E-state index < -0.39 is 44.4 Å². The van der Waals surface area contributed by atoms with Crippen LogP contribution in [0.3, 0.4) is 0 Å². The average molecular weight is 609 g/mol. The molecule has 230 valence electrons. The zero-order valence-electron chi connectivity index (χ0n) is 24.2. The fraction of sp³-hybridized carbons (Fsp3) is 0.593. The molecule has 0 radical (unpaired) electrons. The number of aromatic hydroxyl groups is 1. The van der Waals surface area contributed by atoms with Crippen LogP contribution in [-0.2, 0) is 38.2 Å². The third-order valence-corrected chi connectivity index (χ3v) is 10.2. The van der Waals surface area contributed by atoms with Crippen LogP contribution in [0, 0.1) is 5.82 Å². The van der Waals surface area contributed by atoms with Gasteiger partial charge in [0.15, 0.2) is 5.69 Å². The molecule has 0 saturated carbocycles. The van der Waals surface area contributed by atoms with Crippen molar-refractivity contribution in [1.82, 2.24) is 29.0 Å². The Hall–Kier alpha value is -2.95. The van der Waals surface area contributed by atoms with Crippen LogP contribution in [0.2, 0.25) is 0 Å². The summed E-state index contributed by atoms with van der Waals surface area (Å²) >= 11 is 0. The number of sulfonamides is 1. The Morgan fingerprint density at radius 2 is 1.90 bits per heavy atom. The Morgan fingerprint density at radius 3 is 2.60 bits per heavy atom. The van der Waals surface area contributed by atoms with Gasteiger partial charge in [0.05, 0.1) is 43.3 Å². The average Bonchev–Trinajstić information content (AvgIpc) is 3.45. The molecule has 2 N–H and O–H groups in total. The van der Waals surface area contributed by atoms with E-state index in [1.54, 1.807) is 13.8 Å². The van der Waals surface area contributed by atoms with Crippen LogP contribution in [-0.4, -0.2) is 115 Å². The molecule has 5 rings (SSSR count). The van der Waals surface area contributed by atoms with Crippen molar-refractivity contribution in [3.05, 3.63) is 51.5 Å². The number of aromatic nitrogens is 2. The van der Waals surface area contributed by atoms with Crippen LogP contribution in [0.4, 0.5) is 4.39 Å². The highest BCUT2D eigenvalue weighted by Crippen LogP contribution is 2.28. The fourth-order valence-electron chi connectivity index (χ4n) is 5.79. The van der Waals surface area contributed by atoms with Gasteiger partial charge in [-0.2, -0.15) is 4.31 Å². The first-order valence-electron chi connectivity index (χ1n) is 13.8. The molecule has 0 bridgehead atoms. The van der Waals surface area contributed by atoms with Gasteiger partial charge in [0.25, 0.3) is 11.5 Å². The first-order chi connectivity index (χ1) is 19.8. The number of halogens is 1. The summed E-state index contributed by atoms with van der Waals surface area (Å²) in [6.07, 6.45) is 0. The maximum atomic E-state index is 14.3. The highest BCUT2D eigenvalue weighted by atomic mass is 32.2. The zero-order valence-corrected chi connectivity index (χ0v) is 25.0. The lowest BCUT2D eigenvalue weighted by molar-refractivity contribution is -0.0566. The molecule has 42 heavy (non-hydrogen) atoms. The number of nitrogens with one attached hydrogen (secondary N) is 1. The van der Waals surface area contributed by atoms with Crippen LogP contribution >= 0.6 is 0 Å². The van der Waals surface area contributed by atoms with Crippen molar-refractivity contribution in [1.29, 1.82) is 0 Å². The van der Waals surface area contributed by atoms with Gasteiger partial charge in [-0.3, -0.25) is 19.1 Å². The minimum atomic E-state index is -4.11. The Kier molecular flexibility index (Phi) is 8.44. The van der Waals surface area contributed by atoms with Gasteiger partial charge in [-0.1, -0.05) is 6.07 Å². The van der Waals surface area contributed by atoms with E-state index in [-0.39, 0.29) is 61.2 Å². The van der Waals surface area contributed by atoms with E-state index in [1.807, 2.05) is 14.1 Å². The number of rotatable bonds is 7. The van der Waals surface area contributed by atoms with Crippen molar-refractivity contribution in [2.45, 2.75) is 49.5 Å². The minimum absolute atomic E-state index is 0.155. The Morgan fingerprint density at radius 1 is 1.19 bits per heavy atom. The summed E-state index contributed by atoms with van der Waals surface area (Å²) in [5.74, 6) is -2.25. The lowest BCUT2D eigenvalue weighted by Crippen LogP contribution is -2.56.